The molecule has 6 heteroatoms. The Balaban J connectivity index is 1.67. The molecule has 0 aliphatic heterocycles. The molecule has 6 nitrogen and oxygen atoms in total. The summed E-state index contributed by atoms with van der Waals surface area (Å²) in [5.41, 5.74) is 5.62. The molecule has 0 aliphatic carbocycles. The lowest BCUT2D eigenvalue weighted by atomic mass is 10.2. The lowest BCUT2D eigenvalue weighted by molar-refractivity contribution is 0.942. The van der Waals surface area contributed by atoms with Crippen LogP contribution in [-0.4, -0.2) is 29.5 Å². The molecule has 0 radical (unpaired) electrons. The van der Waals surface area contributed by atoms with E-state index in [-0.39, 0.29) is 0 Å². The lowest BCUT2D eigenvalue weighted by Crippen LogP contribution is -2.07. The quantitative estimate of drug-likeness (QED) is 0.361. The Morgan fingerprint density at radius 2 is 1.03 bits per heavy atom. The van der Waals surface area contributed by atoms with Crippen molar-refractivity contribution in [2.75, 3.05) is 0 Å². The Labute approximate surface area is 190 Å². The van der Waals surface area contributed by atoms with Crippen molar-refractivity contribution in [1.82, 2.24) is 29.5 Å². The molecule has 0 amide bonds. The van der Waals surface area contributed by atoms with E-state index in [9.17, 15) is 0 Å². The van der Waals surface area contributed by atoms with Crippen LogP contribution in [0, 0.1) is 13.8 Å². The molecule has 0 fully saturated rings. The predicted molar refractivity (Wildman–Crippen MR) is 130 cm³/mol. The lowest BCUT2D eigenvalue weighted by Gasteiger charge is -2.10. The highest BCUT2D eigenvalue weighted by atomic mass is 15.2. The average molecular weight is 428 g/mol. The first-order chi connectivity index (χ1) is 16.2. The summed E-state index contributed by atoms with van der Waals surface area (Å²) in [6, 6.07) is 24.5. The zero-order valence-corrected chi connectivity index (χ0v) is 18.3. The van der Waals surface area contributed by atoms with Gasteiger partial charge in [0.25, 0.3) is 0 Å². The van der Waals surface area contributed by atoms with E-state index in [0.717, 1.165) is 32.9 Å². The number of aromatic nitrogens is 6. The van der Waals surface area contributed by atoms with Gasteiger partial charge in [0.1, 0.15) is 11.4 Å². The van der Waals surface area contributed by atoms with E-state index in [1.165, 1.54) is 0 Å². The molecule has 33 heavy (non-hydrogen) atoms. The summed E-state index contributed by atoms with van der Waals surface area (Å²) in [6.45, 7) is 4.02. The summed E-state index contributed by atoms with van der Waals surface area (Å²) in [4.78, 5) is 23.6. The van der Waals surface area contributed by atoms with Crippen LogP contribution >= 0.6 is 0 Å². The van der Waals surface area contributed by atoms with Crippen molar-refractivity contribution in [2.45, 2.75) is 13.8 Å². The SMILES string of the molecule is Cc1ccc(-c2nc(-c3ccc(C)cn3)nc(-n3c4ccccc4c4ccccc43)n2)nc1. The van der Waals surface area contributed by atoms with Gasteiger partial charge in [-0.05, 0) is 49.2 Å². The van der Waals surface area contributed by atoms with Gasteiger partial charge in [-0.25, -0.2) is 4.98 Å². The van der Waals surface area contributed by atoms with Gasteiger partial charge in [-0.15, -0.1) is 0 Å². The molecular formula is C27H20N6. The van der Waals surface area contributed by atoms with Crippen LogP contribution < -0.4 is 0 Å². The second-order valence-electron chi connectivity index (χ2n) is 8.09. The van der Waals surface area contributed by atoms with Crippen LogP contribution in [0.5, 0.6) is 0 Å². The van der Waals surface area contributed by atoms with Gasteiger partial charge in [0.15, 0.2) is 11.6 Å². The second-order valence-corrected chi connectivity index (χ2v) is 8.09. The summed E-state index contributed by atoms with van der Waals surface area (Å²) in [7, 11) is 0. The van der Waals surface area contributed by atoms with Crippen LogP contribution in [0.15, 0.2) is 85.2 Å². The Bertz CT molecular complexity index is 1500. The zero-order chi connectivity index (χ0) is 22.4. The molecule has 0 atom stereocenters. The number of hydrogen-bond acceptors (Lipinski definition) is 5. The van der Waals surface area contributed by atoms with Crippen molar-refractivity contribution in [3.05, 3.63) is 96.3 Å². The van der Waals surface area contributed by atoms with Crippen LogP contribution in [0.3, 0.4) is 0 Å². The molecule has 0 spiro atoms. The highest BCUT2D eigenvalue weighted by Crippen LogP contribution is 2.31. The largest absolute Gasteiger partial charge is 0.278 e. The van der Waals surface area contributed by atoms with E-state index in [1.54, 1.807) is 0 Å². The predicted octanol–water partition coefficient (Wildman–Crippen LogP) is 5.71. The molecule has 0 saturated heterocycles. The normalized spacial score (nSPS) is 11.3. The minimum Gasteiger partial charge on any atom is -0.278 e. The number of fused-ring (bicyclic) bond motifs is 3. The van der Waals surface area contributed by atoms with Crippen molar-refractivity contribution in [3.8, 4) is 29.0 Å². The third-order valence-corrected chi connectivity index (χ3v) is 5.68. The minimum atomic E-state index is 0.513. The Morgan fingerprint density at radius 1 is 0.545 bits per heavy atom. The van der Waals surface area contributed by atoms with E-state index in [1.807, 2.05) is 62.6 Å². The van der Waals surface area contributed by atoms with Gasteiger partial charge < -0.3 is 0 Å². The molecule has 6 rings (SSSR count). The summed E-state index contributed by atoms with van der Waals surface area (Å²) >= 11 is 0. The highest BCUT2D eigenvalue weighted by Gasteiger charge is 2.18. The van der Waals surface area contributed by atoms with Crippen LogP contribution in [-0.2, 0) is 0 Å². The average Bonchev–Trinajstić information content (AvgIpc) is 3.19. The first-order valence-corrected chi connectivity index (χ1v) is 10.8. The van der Waals surface area contributed by atoms with E-state index < -0.39 is 0 Å². The van der Waals surface area contributed by atoms with Crippen molar-refractivity contribution >= 4 is 21.8 Å². The van der Waals surface area contributed by atoms with Crippen LogP contribution in [0.4, 0.5) is 0 Å². The van der Waals surface area contributed by atoms with Gasteiger partial charge in [0.2, 0.25) is 5.95 Å². The smallest absolute Gasteiger partial charge is 0.238 e. The standard InChI is InChI=1S/C27H20N6/c1-17-11-13-21(28-15-17)25-30-26(22-14-12-18(2)16-29-22)32-27(31-25)33-23-9-5-3-7-19(23)20-8-4-6-10-24(20)33/h3-16H,1-2H3. The van der Waals surface area contributed by atoms with Crippen molar-refractivity contribution < 1.29 is 0 Å². The number of pyridine rings is 2. The van der Waals surface area contributed by atoms with E-state index >= 15 is 0 Å². The first kappa shape index (κ1) is 19.3. The maximum atomic E-state index is 4.87. The highest BCUT2D eigenvalue weighted by molar-refractivity contribution is 6.08. The van der Waals surface area contributed by atoms with Gasteiger partial charge in [-0.1, -0.05) is 48.5 Å². The summed E-state index contributed by atoms with van der Waals surface area (Å²) < 4.78 is 2.09. The molecule has 4 aromatic heterocycles. The molecule has 2 aromatic carbocycles. The monoisotopic (exact) mass is 428 g/mol. The fourth-order valence-corrected chi connectivity index (χ4v) is 4.03. The maximum Gasteiger partial charge on any atom is 0.238 e. The van der Waals surface area contributed by atoms with Crippen molar-refractivity contribution in [2.24, 2.45) is 0 Å². The van der Waals surface area contributed by atoms with Crippen LogP contribution in [0.25, 0.3) is 50.8 Å². The summed E-state index contributed by atoms with van der Waals surface area (Å²) in [6.07, 6.45) is 3.64. The molecule has 0 N–H and O–H groups in total. The molecule has 0 bridgehead atoms. The van der Waals surface area contributed by atoms with Crippen LogP contribution in [0.1, 0.15) is 11.1 Å². The van der Waals surface area contributed by atoms with Crippen LogP contribution in [0.2, 0.25) is 0 Å². The van der Waals surface area contributed by atoms with E-state index in [2.05, 4.69) is 50.9 Å². The number of rotatable bonds is 3. The Hall–Kier alpha value is -4.45. The third kappa shape index (κ3) is 3.32. The first-order valence-electron chi connectivity index (χ1n) is 10.8. The molecular weight excluding hydrogens is 408 g/mol. The summed E-state index contributed by atoms with van der Waals surface area (Å²) in [5.74, 6) is 1.57. The van der Waals surface area contributed by atoms with E-state index in [4.69, 9.17) is 15.0 Å². The number of nitrogens with zero attached hydrogens (tertiary/aromatic N) is 6. The number of aryl methyl sites for hydroxylation is 2. The zero-order valence-electron chi connectivity index (χ0n) is 18.3. The van der Waals surface area contributed by atoms with Gasteiger partial charge in [-0.3, -0.25) is 14.5 Å². The van der Waals surface area contributed by atoms with Gasteiger partial charge in [0.05, 0.1) is 11.0 Å². The maximum absolute atomic E-state index is 4.87. The van der Waals surface area contributed by atoms with Gasteiger partial charge in [-0.2, -0.15) is 9.97 Å². The Morgan fingerprint density at radius 3 is 1.48 bits per heavy atom. The topological polar surface area (TPSA) is 69.4 Å². The second kappa shape index (κ2) is 7.60. The van der Waals surface area contributed by atoms with Crippen molar-refractivity contribution in [1.29, 1.82) is 0 Å². The molecule has 6 aromatic rings. The Kier molecular flexibility index (Phi) is 4.43. The number of benzene rings is 2. The fourth-order valence-electron chi connectivity index (χ4n) is 4.03. The third-order valence-electron chi connectivity index (χ3n) is 5.68. The number of hydrogen-bond donors (Lipinski definition) is 0. The van der Waals surface area contributed by atoms with Gasteiger partial charge in [0, 0.05) is 23.2 Å². The van der Waals surface area contributed by atoms with Gasteiger partial charge >= 0.3 is 0 Å². The minimum absolute atomic E-state index is 0.513. The molecule has 4 heterocycles. The van der Waals surface area contributed by atoms with Crippen molar-refractivity contribution in [3.63, 3.8) is 0 Å². The summed E-state index contributed by atoms with van der Waals surface area (Å²) in [5, 5.41) is 2.30. The molecule has 0 unspecified atom stereocenters. The molecule has 0 aliphatic rings. The molecule has 158 valence electrons. The van der Waals surface area contributed by atoms with E-state index in [0.29, 0.717) is 29.0 Å². The fraction of sp³-hybridized carbons (Fsp3) is 0.0741. The molecule has 0 saturated carbocycles. The number of para-hydroxylation sites is 2.